The highest BCUT2D eigenvalue weighted by molar-refractivity contribution is 7.11. The van der Waals surface area contributed by atoms with Crippen molar-refractivity contribution >= 4 is 23.3 Å². The molecule has 8 heteroatoms. The van der Waals surface area contributed by atoms with E-state index >= 15 is 0 Å². The predicted octanol–water partition coefficient (Wildman–Crippen LogP) is 5.15. The van der Waals surface area contributed by atoms with Crippen molar-refractivity contribution in [1.82, 2.24) is 15.1 Å². The number of nitrogens with zero attached hydrogens (tertiary/aromatic N) is 2. The van der Waals surface area contributed by atoms with Gasteiger partial charge in [-0.3, -0.25) is 4.79 Å². The molecule has 1 heterocycles. The van der Waals surface area contributed by atoms with Gasteiger partial charge in [0.05, 0.1) is 20.8 Å². The molecular weight excluding hydrogens is 474 g/mol. The highest BCUT2D eigenvalue weighted by Gasteiger charge is 2.35. The maximum absolute atomic E-state index is 13.6. The van der Waals surface area contributed by atoms with E-state index in [1.165, 1.54) is 11.3 Å². The molecule has 0 atom stereocenters. The third kappa shape index (κ3) is 7.15. The Labute approximate surface area is 218 Å². The fourth-order valence-electron chi connectivity index (χ4n) is 4.85. The molecule has 3 amide bonds. The fraction of sp³-hybridized carbons (Fsp3) is 0.571. The van der Waals surface area contributed by atoms with Crippen LogP contribution in [0.15, 0.2) is 30.3 Å². The summed E-state index contributed by atoms with van der Waals surface area (Å²) in [7, 11) is 3.25. The average molecular weight is 514 g/mol. The molecule has 2 fully saturated rings. The van der Waals surface area contributed by atoms with E-state index in [2.05, 4.69) is 24.4 Å². The summed E-state index contributed by atoms with van der Waals surface area (Å²) >= 11 is 1.71. The van der Waals surface area contributed by atoms with Crippen molar-refractivity contribution in [2.75, 3.05) is 27.3 Å². The molecule has 0 spiro atoms. The van der Waals surface area contributed by atoms with Gasteiger partial charge in [0.15, 0.2) is 11.5 Å². The molecule has 1 N–H and O–H groups in total. The molecule has 0 bridgehead atoms. The summed E-state index contributed by atoms with van der Waals surface area (Å²) in [6, 6.07) is 10.4. The summed E-state index contributed by atoms with van der Waals surface area (Å²) in [5, 5.41) is 3.21. The Morgan fingerprint density at radius 3 is 2.39 bits per heavy atom. The van der Waals surface area contributed by atoms with Crippen LogP contribution in [0, 0.1) is 6.92 Å². The smallest absolute Gasteiger partial charge is 0.318 e. The zero-order valence-electron chi connectivity index (χ0n) is 21.8. The average Bonchev–Trinajstić information content (AvgIpc) is 3.65. The predicted molar refractivity (Wildman–Crippen MR) is 143 cm³/mol. The number of carbonyl (C=O) groups is 2. The molecule has 2 aliphatic rings. The van der Waals surface area contributed by atoms with Crippen LogP contribution in [0.2, 0.25) is 0 Å². The molecule has 0 radical (unpaired) electrons. The minimum absolute atomic E-state index is 0.00720. The van der Waals surface area contributed by atoms with Gasteiger partial charge in [0.25, 0.3) is 0 Å². The number of urea groups is 1. The first-order valence-corrected chi connectivity index (χ1v) is 13.9. The lowest BCUT2D eigenvalue weighted by atomic mass is 9.96. The van der Waals surface area contributed by atoms with E-state index in [1.807, 2.05) is 23.1 Å². The zero-order chi connectivity index (χ0) is 25.5. The molecule has 196 valence electrons. The van der Waals surface area contributed by atoms with Crippen molar-refractivity contribution < 1.29 is 19.1 Å². The Hall–Kier alpha value is -2.74. The zero-order valence-corrected chi connectivity index (χ0v) is 22.6. The van der Waals surface area contributed by atoms with Gasteiger partial charge in [0.1, 0.15) is 6.54 Å². The second-order valence-corrected chi connectivity index (χ2v) is 11.3. The van der Waals surface area contributed by atoms with E-state index < -0.39 is 0 Å². The third-order valence-electron chi connectivity index (χ3n) is 7.10. The highest BCUT2D eigenvalue weighted by atomic mass is 32.1. The largest absolute Gasteiger partial charge is 0.493 e. The molecule has 2 aromatic rings. The van der Waals surface area contributed by atoms with Crippen LogP contribution in [0.1, 0.15) is 60.3 Å². The molecule has 36 heavy (non-hydrogen) atoms. The van der Waals surface area contributed by atoms with Crippen molar-refractivity contribution in [3.63, 3.8) is 0 Å². The van der Waals surface area contributed by atoms with Gasteiger partial charge in [-0.1, -0.05) is 25.3 Å². The molecule has 2 aliphatic carbocycles. The number of rotatable bonds is 11. The first kappa shape index (κ1) is 26.3. The summed E-state index contributed by atoms with van der Waals surface area (Å²) in [5.41, 5.74) is 1.07. The van der Waals surface area contributed by atoms with Crippen LogP contribution in [0.25, 0.3) is 0 Å². The Kier molecular flexibility index (Phi) is 9.13. The van der Waals surface area contributed by atoms with Gasteiger partial charge in [-0.05, 0) is 68.9 Å². The molecule has 2 saturated carbocycles. The van der Waals surface area contributed by atoms with Crippen LogP contribution >= 0.6 is 11.3 Å². The summed E-state index contributed by atoms with van der Waals surface area (Å²) < 4.78 is 10.8. The minimum atomic E-state index is -0.0791. The van der Waals surface area contributed by atoms with Crippen molar-refractivity contribution in [3.8, 4) is 11.5 Å². The van der Waals surface area contributed by atoms with E-state index in [1.54, 1.807) is 30.5 Å². The Morgan fingerprint density at radius 1 is 1.00 bits per heavy atom. The number of nitrogens with one attached hydrogen (secondary N) is 1. The molecular formula is C28H39N3O4S. The van der Waals surface area contributed by atoms with Crippen molar-refractivity contribution in [3.05, 3.63) is 45.6 Å². The normalized spacial score (nSPS) is 15.9. The third-order valence-corrected chi connectivity index (χ3v) is 8.09. The lowest BCUT2D eigenvalue weighted by Gasteiger charge is -2.30. The first-order valence-electron chi connectivity index (χ1n) is 13.1. The number of amides is 3. The summed E-state index contributed by atoms with van der Waals surface area (Å²) in [5.74, 6) is 1.36. The molecule has 0 saturated heterocycles. The second kappa shape index (κ2) is 12.5. The molecule has 0 aliphatic heterocycles. The van der Waals surface area contributed by atoms with Crippen LogP contribution < -0.4 is 14.8 Å². The van der Waals surface area contributed by atoms with Crippen LogP contribution in [-0.2, 0) is 17.8 Å². The topological polar surface area (TPSA) is 71.1 Å². The first-order chi connectivity index (χ1) is 17.5. The van der Waals surface area contributed by atoms with Crippen molar-refractivity contribution in [1.29, 1.82) is 0 Å². The fourth-order valence-corrected chi connectivity index (χ4v) is 5.76. The summed E-state index contributed by atoms with van der Waals surface area (Å²) in [6.45, 7) is 3.31. The van der Waals surface area contributed by atoms with Gasteiger partial charge < -0.3 is 24.6 Å². The van der Waals surface area contributed by atoms with E-state index in [0.717, 1.165) is 49.0 Å². The maximum atomic E-state index is 13.6. The van der Waals surface area contributed by atoms with Gasteiger partial charge in [-0.2, -0.15) is 0 Å². The van der Waals surface area contributed by atoms with Crippen LogP contribution in [0.5, 0.6) is 11.5 Å². The van der Waals surface area contributed by atoms with Crippen molar-refractivity contribution in [2.45, 2.75) is 76.9 Å². The number of hydrogen-bond donors (Lipinski definition) is 1. The summed E-state index contributed by atoms with van der Waals surface area (Å²) in [4.78, 5) is 32.8. The van der Waals surface area contributed by atoms with E-state index in [-0.39, 0.29) is 30.6 Å². The highest BCUT2D eigenvalue weighted by Crippen LogP contribution is 2.29. The van der Waals surface area contributed by atoms with E-state index in [9.17, 15) is 9.59 Å². The van der Waals surface area contributed by atoms with Gasteiger partial charge >= 0.3 is 6.03 Å². The lowest BCUT2D eigenvalue weighted by molar-refractivity contribution is -0.132. The standard InChI is InChI=1S/C28H39N3O4S/c1-20-9-13-24(36-20)18-30(16-15-21-10-14-25(34-2)26(17-21)35-3)27(32)19-31(23-11-12-23)28(33)29-22-7-5-4-6-8-22/h9-10,13-14,17,22-23H,4-8,11-12,15-16,18-19H2,1-3H3,(H,29,33). The van der Waals surface area contributed by atoms with Crippen LogP contribution in [0.3, 0.4) is 0 Å². The van der Waals surface area contributed by atoms with Gasteiger partial charge in [-0.15, -0.1) is 11.3 Å². The molecule has 4 rings (SSSR count). The number of methoxy groups -OCH3 is 2. The SMILES string of the molecule is COc1ccc(CCN(Cc2ccc(C)s2)C(=O)CN(C(=O)NC2CCCCC2)C2CC2)cc1OC. The van der Waals surface area contributed by atoms with Crippen LogP contribution in [-0.4, -0.2) is 61.1 Å². The summed E-state index contributed by atoms with van der Waals surface area (Å²) in [6.07, 6.45) is 8.28. The molecule has 1 aromatic carbocycles. The Bertz CT molecular complexity index is 1030. The number of carbonyl (C=O) groups excluding carboxylic acids is 2. The number of thiophene rings is 1. The maximum Gasteiger partial charge on any atom is 0.318 e. The van der Waals surface area contributed by atoms with E-state index in [0.29, 0.717) is 31.0 Å². The molecule has 1 aromatic heterocycles. The van der Waals surface area contributed by atoms with E-state index in [4.69, 9.17) is 9.47 Å². The van der Waals surface area contributed by atoms with Crippen LogP contribution in [0.4, 0.5) is 4.79 Å². The lowest BCUT2D eigenvalue weighted by Crippen LogP contribution is -2.50. The molecule has 7 nitrogen and oxygen atoms in total. The minimum Gasteiger partial charge on any atom is -0.493 e. The Balaban J connectivity index is 1.44. The second-order valence-electron chi connectivity index (χ2n) is 9.91. The van der Waals surface area contributed by atoms with Crippen molar-refractivity contribution in [2.24, 2.45) is 0 Å². The number of hydrogen-bond acceptors (Lipinski definition) is 5. The number of ether oxygens (including phenoxy) is 2. The number of aryl methyl sites for hydroxylation is 1. The Morgan fingerprint density at radius 2 is 1.75 bits per heavy atom. The van der Waals surface area contributed by atoms with Gasteiger partial charge in [0.2, 0.25) is 5.91 Å². The number of benzene rings is 1. The quantitative estimate of drug-likeness (QED) is 0.451. The molecule has 0 unspecified atom stereocenters. The van der Waals surface area contributed by atoms with Gasteiger partial charge in [-0.25, -0.2) is 4.79 Å². The monoisotopic (exact) mass is 513 g/mol. The van der Waals surface area contributed by atoms with Gasteiger partial charge in [0, 0.05) is 28.4 Å².